The number of aliphatic imine (C=N–C) groups is 1. The average Bonchev–Trinajstić information content (AvgIpc) is 3.32. The number of nitrogens with two attached hydrogens (primary N) is 2. The second kappa shape index (κ2) is 8.25. The van der Waals surface area contributed by atoms with Crippen molar-refractivity contribution in [2.24, 2.45) is 21.6 Å². The van der Waals surface area contributed by atoms with Gasteiger partial charge in [0, 0.05) is 37.7 Å². The van der Waals surface area contributed by atoms with Gasteiger partial charge < -0.3 is 26.6 Å². The third-order valence-corrected chi connectivity index (χ3v) is 5.80. The van der Waals surface area contributed by atoms with Crippen LogP contribution in [0.3, 0.4) is 0 Å². The lowest BCUT2D eigenvalue weighted by atomic mass is 10.1. The van der Waals surface area contributed by atoms with E-state index in [1.807, 2.05) is 6.08 Å². The molecule has 0 aromatic heterocycles. The number of hydrogen-bond donors (Lipinski definition) is 4. The number of phenolic OH excluding ortho intramolecular Hbond substituents is 1. The van der Waals surface area contributed by atoms with E-state index in [2.05, 4.69) is 15.4 Å². The van der Waals surface area contributed by atoms with Crippen LogP contribution in [-0.2, 0) is 4.74 Å². The van der Waals surface area contributed by atoms with Crippen molar-refractivity contribution in [1.82, 2.24) is 10.3 Å². The molecule has 1 aromatic rings. The predicted molar refractivity (Wildman–Crippen MR) is 114 cm³/mol. The van der Waals surface area contributed by atoms with Gasteiger partial charge in [0.15, 0.2) is 17.8 Å². The quantitative estimate of drug-likeness (QED) is 0.417. The van der Waals surface area contributed by atoms with Gasteiger partial charge in [-0.25, -0.2) is 14.4 Å². The van der Waals surface area contributed by atoms with Gasteiger partial charge in [-0.3, -0.25) is 0 Å². The molecule has 3 aliphatic rings. The summed E-state index contributed by atoms with van der Waals surface area (Å²) in [7, 11) is 1.64. The molecule has 2 aliphatic heterocycles. The maximum Gasteiger partial charge on any atom is 0.167 e. The first-order chi connectivity index (χ1) is 14.4. The topological polar surface area (TPSA) is 121 Å². The van der Waals surface area contributed by atoms with Crippen molar-refractivity contribution in [2.75, 3.05) is 7.11 Å². The molecule has 0 amide bonds. The highest BCUT2D eigenvalue weighted by atomic mass is 35.5. The van der Waals surface area contributed by atoms with Crippen molar-refractivity contribution in [2.45, 2.75) is 44.0 Å². The Bertz CT molecular complexity index is 976. The molecule has 1 unspecified atom stereocenters. The Kier molecular flexibility index (Phi) is 5.68. The number of halogens is 2. The Morgan fingerprint density at radius 1 is 1.43 bits per heavy atom. The van der Waals surface area contributed by atoms with E-state index in [0.29, 0.717) is 12.0 Å². The van der Waals surface area contributed by atoms with Crippen molar-refractivity contribution in [1.29, 1.82) is 0 Å². The van der Waals surface area contributed by atoms with Gasteiger partial charge in [0.05, 0.1) is 33.9 Å². The molecular weight excluding hydrogens is 411 g/mol. The first kappa shape index (κ1) is 20.6. The molecule has 4 rings (SSSR count). The second-order valence-corrected chi connectivity index (χ2v) is 7.97. The smallest absolute Gasteiger partial charge is 0.167 e. The van der Waals surface area contributed by atoms with Crippen LogP contribution in [0.1, 0.15) is 25.7 Å². The van der Waals surface area contributed by atoms with Gasteiger partial charge in [-0.2, -0.15) is 5.10 Å². The highest BCUT2D eigenvalue weighted by molar-refractivity contribution is 6.33. The molecule has 0 spiro atoms. The van der Waals surface area contributed by atoms with Crippen LogP contribution in [0, 0.1) is 5.82 Å². The molecular formula is C20H24ClFN6O2. The molecule has 0 saturated heterocycles. The number of amidine groups is 1. The van der Waals surface area contributed by atoms with Crippen molar-refractivity contribution < 1.29 is 14.2 Å². The highest BCUT2D eigenvalue weighted by Crippen LogP contribution is 2.35. The van der Waals surface area contributed by atoms with Gasteiger partial charge in [0.2, 0.25) is 0 Å². The molecule has 1 saturated carbocycles. The maximum absolute atomic E-state index is 13.8. The number of phenols is 1. The summed E-state index contributed by atoms with van der Waals surface area (Å²) in [5.41, 5.74) is 14.7. The summed E-state index contributed by atoms with van der Waals surface area (Å²) in [6.07, 6.45) is 6.86. The average molecular weight is 435 g/mol. The number of benzene rings is 1. The van der Waals surface area contributed by atoms with E-state index in [9.17, 15) is 9.50 Å². The van der Waals surface area contributed by atoms with Crippen molar-refractivity contribution in [3.63, 3.8) is 0 Å². The number of methoxy groups -OCH3 is 1. The molecule has 30 heavy (non-hydrogen) atoms. The van der Waals surface area contributed by atoms with E-state index in [-0.39, 0.29) is 34.9 Å². The van der Waals surface area contributed by atoms with E-state index in [4.69, 9.17) is 27.8 Å². The van der Waals surface area contributed by atoms with Gasteiger partial charge in [-0.05, 0) is 19.3 Å². The van der Waals surface area contributed by atoms with Gasteiger partial charge in [0.1, 0.15) is 5.84 Å². The van der Waals surface area contributed by atoms with E-state index < -0.39 is 11.6 Å². The van der Waals surface area contributed by atoms with E-state index >= 15 is 0 Å². The van der Waals surface area contributed by atoms with E-state index in [1.54, 1.807) is 18.3 Å². The molecule has 0 bridgehead atoms. The number of nitrogens with zero attached hydrogens (tertiary/aromatic N) is 3. The zero-order valence-corrected chi connectivity index (χ0v) is 17.2. The molecule has 1 aliphatic carbocycles. The van der Waals surface area contributed by atoms with E-state index in [0.717, 1.165) is 42.8 Å². The number of ether oxygens (including phenoxy) is 1. The number of fused-ring (bicyclic) bond motifs is 1. The minimum absolute atomic E-state index is 0.0858. The van der Waals surface area contributed by atoms with Crippen molar-refractivity contribution in [3.8, 4) is 5.75 Å². The maximum atomic E-state index is 13.8. The summed E-state index contributed by atoms with van der Waals surface area (Å²) >= 11 is 6.10. The summed E-state index contributed by atoms with van der Waals surface area (Å²) in [4.78, 5) is 4.30. The van der Waals surface area contributed by atoms with Crippen molar-refractivity contribution >= 4 is 29.3 Å². The molecule has 6 N–H and O–H groups in total. The number of hydrogen-bond acceptors (Lipinski definition) is 7. The lowest BCUT2D eigenvalue weighted by Crippen LogP contribution is -2.39. The fourth-order valence-electron chi connectivity index (χ4n) is 3.93. The van der Waals surface area contributed by atoms with Crippen LogP contribution >= 0.6 is 11.6 Å². The van der Waals surface area contributed by atoms with Crippen LogP contribution < -0.4 is 16.8 Å². The third kappa shape index (κ3) is 3.88. The fraction of sp³-hybridized carbons (Fsp3) is 0.400. The Balaban J connectivity index is 1.73. The molecule has 0 radical (unpaired) electrons. The molecule has 1 fully saturated rings. The van der Waals surface area contributed by atoms with Crippen molar-refractivity contribution in [3.05, 3.63) is 46.0 Å². The van der Waals surface area contributed by atoms with Gasteiger partial charge in [-0.1, -0.05) is 17.7 Å². The molecule has 3 atom stereocenters. The van der Waals surface area contributed by atoms with Gasteiger partial charge >= 0.3 is 0 Å². The lowest BCUT2D eigenvalue weighted by Gasteiger charge is -2.31. The summed E-state index contributed by atoms with van der Waals surface area (Å²) in [6.45, 7) is 0. The highest BCUT2D eigenvalue weighted by Gasteiger charge is 2.34. The summed E-state index contributed by atoms with van der Waals surface area (Å²) in [5.74, 6) is -1.26. The van der Waals surface area contributed by atoms with Crippen LogP contribution in [0.5, 0.6) is 5.75 Å². The van der Waals surface area contributed by atoms with Crippen LogP contribution in [0.15, 0.2) is 45.3 Å². The molecule has 160 valence electrons. The summed E-state index contributed by atoms with van der Waals surface area (Å²) in [5, 5.41) is 19.4. The number of hydrazone groups is 1. The Labute approximate surface area is 178 Å². The predicted octanol–water partition coefficient (Wildman–Crippen LogP) is 2.46. The second-order valence-electron chi connectivity index (χ2n) is 7.56. The SMILES string of the molecule is COC1CC=C2C(N[C@@H]3CC[C@H](N)C3)=C(/C(N)=N/c3cc(F)c(O)cc3Cl)C=NN21. The number of rotatable bonds is 5. The minimum Gasteiger partial charge on any atom is -0.505 e. The van der Waals surface area contributed by atoms with Crippen LogP contribution in [0.4, 0.5) is 10.1 Å². The number of nitrogens with one attached hydrogen (secondary N) is 1. The van der Waals surface area contributed by atoms with Gasteiger partial charge in [0.25, 0.3) is 0 Å². The van der Waals surface area contributed by atoms with Gasteiger partial charge in [-0.15, -0.1) is 0 Å². The summed E-state index contributed by atoms with van der Waals surface area (Å²) in [6, 6.07) is 2.49. The zero-order chi connectivity index (χ0) is 21.4. The first-order valence-electron chi connectivity index (χ1n) is 9.72. The molecule has 1 aromatic carbocycles. The largest absolute Gasteiger partial charge is 0.505 e. The number of aromatic hydroxyl groups is 1. The molecule has 8 nitrogen and oxygen atoms in total. The minimum atomic E-state index is -0.830. The Morgan fingerprint density at radius 2 is 2.23 bits per heavy atom. The van der Waals surface area contributed by atoms with E-state index in [1.165, 1.54) is 0 Å². The van der Waals surface area contributed by atoms with Crippen LogP contribution in [0.25, 0.3) is 0 Å². The Hall–Kier alpha value is -2.62. The first-order valence-corrected chi connectivity index (χ1v) is 10.1. The standard InChI is InChI=1S/C20H24ClFN6O2/c1-30-18-5-4-16-19(26-11-3-2-10(23)6-11)12(9-25-28(16)18)20(24)27-15-8-14(22)17(29)7-13(15)21/h4,7-11,18,26,29H,2-3,5-6,23H2,1H3,(H2,24,27)/t10-,11+,18?/m0/s1. The normalized spacial score (nSPS) is 26.3. The lowest BCUT2D eigenvalue weighted by molar-refractivity contribution is 0.00397. The third-order valence-electron chi connectivity index (χ3n) is 5.50. The van der Waals surface area contributed by atoms with Crippen LogP contribution in [0.2, 0.25) is 5.02 Å². The van der Waals surface area contributed by atoms with Crippen LogP contribution in [-0.4, -0.2) is 47.6 Å². The zero-order valence-electron chi connectivity index (χ0n) is 16.5. The molecule has 2 heterocycles. The molecule has 10 heteroatoms. The Morgan fingerprint density at radius 3 is 2.93 bits per heavy atom. The monoisotopic (exact) mass is 434 g/mol. The fourth-order valence-corrected chi connectivity index (χ4v) is 4.13. The summed E-state index contributed by atoms with van der Waals surface area (Å²) < 4.78 is 19.3.